The molecule has 0 amide bonds. The Morgan fingerprint density at radius 3 is 2.75 bits per heavy atom. The van der Waals surface area contributed by atoms with Crippen LogP contribution in [0.1, 0.15) is 30.4 Å². The summed E-state index contributed by atoms with van der Waals surface area (Å²) in [6, 6.07) is 8.87. The van der Waals surface area contributed by atoms with Crippen LogP contribution >= 0.6 is 11.6 Å². The van der Waals surface area contributed by atoms with Gasteiger partial charge in [-0.1, -0.05) is 23.7 Å². The molecule has 0 radical (unpaired) electrons. The van der Waals surface area contributed by atoms with Gasteiger partial charge in [-0.2, -0.15) is 0 Å². The van der Waals surface area contributed by atoms with Crippen molar-refractivity contribution in [2.24, 2.45) is 0 Å². The molecule has 0 bridgehead atoms. The molecule has 2 nitrogen and oxygen atoms in total. The maximum atomic E-state index is 14.2. The highest BCUT2D eigenvalue weighted by Gasteiger charge is 2.40. The van der Waals surface area contributed by atoms with Crippen molar-refractivity contribution < 1.29 is 4.39 Å². The number of hydrogen-bond acceptors (Lipinski definition) is 2. The van der Waals surface area contributed by atoms with Gasteiger partial charge in [-0.05, 0) is 43.0 Å². The SMILES string of the molecule is Fc1cc(Cl)ccc1C1(NCc2cccnc2)CCC1. The zero-order valence-electron chi connectivity index (χ0n) is 11.1. The standard InChI is InChI=1S/C16H16ClFN2/c17-13-4-5-14(15(18)9-13)16(6-2-7-16)20-11-12-3-1-8-19-10-12/h1,3-5,8-10,20H,2,6-7,11H2. The normalized spacial score (nSPS) is 16.7. The van der Waals surface area contributed by atoms with Crippen LogP contribution in [-0.2, 0) is 12.1 Å². The molecular formula is C16H16ClFN2. The third-order valence-electron chi connectivity index (χ3n) is 4.01. The van der Waals surface area contributed by atoms with Gasteiger partial charge in [-0.3, -0.25) is 4.98 Å². The highest BCUT2D eigenvalue weighted by Crippen LogP contribution is 2.42. The summed E-state index contributed by atoms with van der Waals surface area (Å²) in [6.45, 7) is 0.690. The van der Waals surface area contributed by atoms with Crippen molar-refractivity contribution in [3.8, 4) is 0 Å². The molecule has 1 N–H and O–H groups in total. The first kappa shape index (κ1) is 13.5. The minimum Gasteiger partial charge on any atom is -0.303 e. The fraction of sp³-hybridized carbons (Fsp3) is 0.312. The van der Waals surface area contributed by atoms with Gasteiger partial charge in [-0.25, -0.2) is 4.39 Å². The average molecular weight is 291 g/mol. The summed E-state index contributed by atoms with van der Waals surface area (Å²) in [4.78, 5) is 4.10. The third kappa shape index (κ3) is 2.56. The Kier molecular flexibility index (Phi) is 3.72. The Morgan fingerprint density at radius 1 is 1.30 bits per heavy atom. The monoisotopic (exact) mass is 290 g/mol. The molecule has 1 aliphatic carbocycles. The van der Waals surface area contributed by atoms with E-state index in [4.69, 9.17) is 11.6 Å². The fourth-order valence-electron chi connectivity index (χ4n) is 2.72. The Balaban J connectivity index is 1.81. The number of rotatable bonds is 4. The zero-order valence-corrected chi connectivity index (χ0v) is 11.8. The molecule has 3 rings (SSSR count). The lowest BCUT2D eigenvalue weighted by molar-refractivity contribution is 0.177. The second kappa shape index (κ2) is 5.51. The molecule has 0 unspecified atom stereocenters. The van der Waals surface area contributed by atoms with E-state index in [-0.39, 0.29) is 11.4 Å². The Labute approximate surface area is 123 Å². The van der Waals surface area contributed by atoms with Crippen LogP contribution in [0.2, 0.25) is 5.02 Å². The predicted octanol–water partition coefficient (Wildman–Crippen LogP) is 4.04. The molecular weight excluding hydrogens is 275 g/mol. The highest BCUT2D eigenvalue weighted by molar-refractivity contribution is 6.30. The minimum atomic E-state index is -0.259. The van der Waals surface area contributed by atoms with Crippen molar-refractivity contribution >= 4 is 11.6 Å². The maximum absolute atomic E-state index is 14.2. The van der Waals surface area contributed by atoms with E-state index in [1.54, 1.807) is 18.3 Å². The molecule has 104 valence electrons. The lowest BCUT2D eigenvalue weighted by Gasteiger charge is -2.43. The van der Waals surface area contributed by atoms with E-state index in [1.807, 2.05) is 18.3 Å². The number of halogens is 2. The van der Waals surface area contributed by atoms with Crippen molar-refractivity contribution in [3.63, 3.8) is 0 Å². The second-order valence-corrected chi connectivity index (χ2v) is 5.71. The molecule has 1 fully saturated rings. The molecule has 0 saturated heterocycles. The van der Waals surface area contributed by atoms with Crippen LogP contribution in [0.5, 0.6) is 0 Å². The van der Waals surface area contributed by atoms with Crippen LogP contribution < -0.4 is 5.32 Å². The largest absolute Gasteiger partial charge is 0.303 e. The molecule has 1 aromatic carbocycles. The minimum absolute atomic E-state index is 0.226. The lowest BCUT2D eigenvalue weighted by Crippen LogP contribution is -2.48. The zero-order chi connectivity index (χ0) is 14.0. The first-order valence-electron chi connectivity index (χ1n) is 6.79. The molecule has 0 spiro atoms. The van der Waals surface area contributed by atoms with Gasteiger partial charge in [-0.15, -0.1) is 0 Å². The summed E-state index contributed by atoms with van der Waals surface area (Å²) in [5, 5.41) is 3.94. The van der Waals surface area contributed by atoms with Crippen LogP contribution in [0.4, 0.5) is 4.39 Å². The van der Waals surface area contributed by atoms with Crippen LogP contribution in [0, 0.1) is 5.82 Å². The van der Waals surface area contributed by atoms with Gasteiger partial charge in [0.25, 0.3) is 0 Å². The van der Waals surface area contributed by atoms with E-state index in [0.29, 0.717) is 11.6 Å². The highest BCUT2D eigenvalue weighted by atomic mass is 35.5. The molecule has 1 heterocycles. The number of aromatic nitrogens is 1. The van der Waals surface area contributed by atoms with Crippen molar-refractivity contribution in [2.75, 3.05) is 0 Å². The van der Waals surface area contributed by atoms with Gasteiger partial charge >= 0.3 is 0 Å². The second-order valence-electron chi connectivity index (χ2n) is 5.27. The topological polar surface area (TPSA) is 24.9 Å². The van der Waals surface area contributed by atoms with Crippen molar-refractivity contribution in [3.05, 3.63) is 64.7 Å². The molecule has 1 saturated carbocycles. The van der Waals surface area contributed by atoms with Gasteiger partial charge in [0.05, 0.1) is 0 Å². The van der Waals surface area contributed by atoms with Crippen LogP contribution in [-0.4, -0.2) is 4.98 Å². The van der Waals surface area contributed by atoms with Gasteiger partial charge in [0, 0.05) is 35.1 Å². The molecule has 1 aromatic heterocycles. The maximum Gasteiger partial charge on any atom is 0.129 e. The Hall–Kier alpha value is -1.45. The van der Waals surface area contributed by atoms with Crippen LogP contribution in [0.15, 0.2) is 42.7 Å². The molecule has 2 aromatic rings. The van der Waals surface area contributed by atoms with Gasteiger partial charge in [0.2, 0.25) is 0 Å². The molecule has 4 heteroatoms. The van der Waals surface area contributed by atoms with Gasteiger partial charge in [0.15, 0.2) is 0 Å². The number of nitrogens with zero attached hydrogens (tertiary/aromatic N) is 1. The molecule has 20 heavy (non-hydrogen) atoms. The van der Waals surface area contributed by atoms with Crippen molar-refractivity contribution in [1.82, 2.24) is 10.3 Å². The summed E-state index contributed by atoms with van der Waals surface area (Å²) in [5.74, 6) is -0.226. The summed E-state index contributed by atoms with van der Waals surface area (Å²) in [5.41, 5.74) is 1.56. The molecule has 0 atom stereocenters. The predicted molar refractivity (Wildman–Crippen MR) is 78.0 cm³/mol. The van der Waals surface area contributed by atoms with E-state index in [1.165, 1.54) is 6.07 Å². The first-order chi connectivity index (χ1) is 9.70. The summed E-state index contributed by atoms with van der Waals surface area (Å²) < 4.78 is 14.2. The van der Waals surface area contributed by atoms with E-state index in [2.05, 4.69) is 10.3 Å². The third-order valence-corrected chi connectivity index (χ3v) is 4.24. The fourth-order valence-corrected chi connectivity index (χ4v) is 2.88. The van der Waals surface area contributed by atoms with Crippen molar-refractivity contribution in [2.45, 2.75) is 31.3 Å². The van der Waals surface area contributed by atoms with Crippen LogP contribution in [0.3, 0.4) is 0 Å². The van der Waals surface area contributed by atoms with Crippen LogP contribution in [0.25, 0.3) is 0 Å². The summed E-state index contributed by atoms with van der Waals surface area (Å²) in [6.07, 6.45) is 6.60. The van der Waals surface area contributed by atoms with E-state index in [0.717, 1.165) is 30.4 Å². The van der Waals surface area contributed by atoms with Crippen molar-refractivity contribution in [1.29, 1.82) is 0 Å². The Bertz CT molecular complexity index is 597. The average Bonchev–Trinajstić information content (AvgIpc) is 2.40. The van der Waals surface area contributed by atoms with Gasteiger partial charge in [0.1, 0.15) is 5.82 Å². The summed E-state index contributed by atoms with van der Waals surface area (Å²) in [7, 11) is 0. The number of pyridine rings is 1. The lowest BCUT2D eigenvalue weighted by atomic mass is 9.71. The number of hydrogen-bond donors (Lipinski definition) is 1. The summed E-state index contributed by atoms with van der Waals surface area (Å²) >= 11 is 5.83. The van der Waals surface area contributed by atoms with E-state index in [9.17, 15) is 4.39 Å². The number of nitrogens with one attached hydrogen (secondary N) is 1. The Morgan fingerprint density at radius 2 is 2.15 bits per heavy atom. The first-order valence-corrected chi connectivity index (χ1v) is 7.17. The molecule has 1 aliphatic rings. The van der Waals surface area contributed by atoms with E-state index >= 15 is 0 Å². The van der Waals surface area contributed by atoms with E-state index < -0.39 is 0 Å². The molecule has 0 aliphatic heterocycles. The van der Waals surface area contributed by atoms with Gasteiger partial charge < -0.3 is 5.32 Å². The smallest absolute Gasteiger partial charge is 0.129 e. The quantitative estimate of drug-likeness (QED) is 0.919. The number of benzene rings is 1.